The van der Waals surface area contributed by atoms with Crippen molar-refractivity contribution in [3.8, 4) is 0 Å². The molecule has 0 fully saturated rings. The largest absolute Gasteiger partial charge is 0.465 e. The van der Waals surface area contributed by atoms with E-state index < -0.39 is 36.3 Å². The van der Waals surface area contributed by atoms with Crippen molar-refractivity contribution in [2.75, 3.05) is 23.8 Å². The normalized spacial score (nSPS) is 11.5. The van der Waals surface area contributed by atoms with E-state index in [9.17, 15) is 19.2 Å². The average Bonchev–Trinajstić information content (AvgIpc) is 3.41. The van der Waals surface area contributed by atoms with Crippen LogP contribution in [0.4, 0.5) is 11.4 Å². The third-order valence-electron chi connectivity index (χ3n) is 5.00. The SMILES string of the molecule is CCOC(=O)CNC(=O)[C@H](c1ccc(C)o1)N(C(=O)c1snc(C(N)=O)c1N)c1ccccc1C. The van der Waals surface area contributed by atoms with Crippen LogP contribution in [0.15, 0.2) is 40.8 Å². The molecular weight excluding hydrogens is 474 g/mol. The van der Waals surface area contributed by atoms with Crippen LogP contribution < -0.4 is 21.7 Å². The number of benzene rings is 1. The number of carbonyl (C=O) groups excluding carboxylic acids is 4. The molecule has 184 valence electrons. The minimum Gasteiger partial charge on any atom is -0.465 e. The zero-order valence-electron chi connectivity index (χ0n) is 19.4. The number of rotatable bonds is 9. The molecule has 0 spiro atoms. The van der Waals surface area contributed by atoms with E-state index >= 15 is 0 Å². The van der Waals surface area contributed by atoms with Crippen molar-refractivity contribution < 1.29 is 28.3 Å². The van der Waals surface area contributed by atoms with Crippen molar-refractivity contribution >= 4 is 46.6 Å². The number of furan rings is 1. The summed E-state index contributed by atoms with van der Waals surface area (Å²) in [4.78, 5) is 51.9. The highest BCUT2D eigenvalue weighted by atomic mass is 32.1. The number of ether oxygens (including phenoxy) is 1. The molecule has 1 atom stereocenters. The van der Waals surface area contributed by atoms with Gasteiger partial charge in [-0.3, -0.25) is 24.1 Å². The second-order valence-corrected chi connectivity index (χ2v) is 8.25. The number of anilines is 2. The monoisotopic (exact) mass is 499 g/mol. The number of aryl methyl sites for hydroxylation is 2. The van der Waals surface area contributed by atoms with E-state index in [1.807, 2.05) is 0 Å². The van der Waals surface area contributed by atoms with Crippen LogP contribution in [-0.4, -0.2) is 41.2 Å². The number of carbonyl (C=O) groups is 4. The molecule has 0 saturated carbocycles. The van der Waals surface area contributed by atoms with Gasteiger partial charge in [-0.25, -0.2) is 0 Å². The summed E-state index contributed by atoms with van der Waals surface area (Å²) in [5, 5.41) is 2.50. The van der Waals surface area contributed by atoms with Crippen LogP contribution in [0.25, 0.3) is 0 Å². The van der Waals surface area contributed by atoms with E-state index in [0.29, 0.717) is 28.5 Å². The lowest BCUT2D eigenvalue weighted by molar-refractivity contribution is -0.143. The fourth-order valence-electron chi connectivity index (χ4n) is 3.38. The standard InChI is InChI=1S/C23H25N5O6S/c1-4-33-16(29)11-26-22(31)19(15-10-9-13(3)34-15)28(14-8-6-5-7-12(14)2)23(32)20-17(24)18(21(25)30)27-35-20/h5-10,19H,4,11,24H2,1-3H3,(H2,25,30)(H,26,31)/t19-/m0/s1. The van der Waals surface area contributed by atoms with Crippen molar-refractivity contribution in [1.82, 2.24) is 9.69 Å². The topological polar surface area (TPSA) is 171 Å². The van der Waals surface area contributed by atoms with Gasteiger partial charge in [0, 0.05) is 5.69 Å². The summed E-state index contributed by atoms with van der Waals surface area (Å²) in [6.45, 7) is 4.84. The van der Waals surface area contributed by atoms with Gasteiger partial charge in [-0.1, -0.05) is 18.2 Å². The molecule has 3 aromatic rings. The lowest BCUT2D eigenvalue weighted by Gasteiger charge is -2.30. The lowest BCUT2D eigenvalue weighted by Crippen LogP contribution is -2.45. The number of nitrogens with one attached hydrogen (secondary N) is 1. The first-order chi connectivity index (χ1) is 16.6. The molecule has 5 N–H and O–H groups in total. The van der Waals surface area contributed by atoms with Crippen LogP contribution in [-0.2, 0) is 14.3 Å². The maximum atomic E-state index is 13.9. The van der Waals surface area contributed by atoms with Gasteiger partial charge in [-0.2, -0.15) is 4.37 Å². The highest BCUT2D eigenvalue weighted by Crippen LogP contribution is 2.35. The van der Waals surface area contributed by atoms with E-state index in [1.54, 1.807) is 57.2 Å². The molecular formula is C23H25N5O6S. The van der Waals surface area contributed by atoms with Gasteiger partial charge in [-0.05, 0) is 56.1 Å². The summed E-state index contributed by atoms with van der Waals surface area (Å²) in [5.41, 5.74) is 12.0. The van der Waals surface area contributed by atoms with E-state index in [4.69, 9.17) is 20.6 Å². The molecule has 0 unspecified atom stereocenters. The fraction of sp³-hybridized carbons (Fsp3) is 0.261. The van der Waals surface area contributed by atoms with Crippen LogP contribution in [0.5, 0.6) is 0 Å². The molecule has 35 heavy (non-hydrogen) atoms. The van der Waals surface area contributed by atoms with Gasteiger partial charge in [0.1, 0.15) is 22.9 Å². The first-order valence-electron chi connectivity index (χ1n) is 10.6. The maximum Gasteiger partial charge on any atom is 0.325 e. The van der Waals surface area contributed by atoms with Crippen molar-refractivity contribution in [2.24, 2.45) is 5.73 Å². The van der Waals surface area contributed by atoms with Crippen molar-refractivity contribution in [3.05, 3.63) is 64.1 Å². The molecule has 0 bridgehead atoms. The summed E-state index contributed by atoms with van der Waals surface area (Å²) in [7, 11) is 0. The van der Waals surface area contributed by atoms with Crippen molar-refractivity contribution in [3.63, 3.8) is 0 Å². The molecule has 0 radical (unpaired) electrons. The third-order valence-corrected chi connectivity index (χ3v) is 5.85. The number of primary amides is 1. The number of amides is 3. The van der Waals surface area contributed by atoms with E-state index in [2.05, 4.69) is 9.69 Å². The second-order valence-electron chi connectivity index (χ2n) is 7.47. The number of hydrogen-bond donors (Lipinski definition) is 3. The van der Waals surface area contributed by atoms with Gasteiger partial charge in [0.15, 0.2) is 11.7 Å². The Kier molecular flexibility index (Phi) is 7.87. The zero-order valence-corrected chi connectivity index (χ0v) is 20.2. The van der Waals surface area contributed by atoms with Crippen LogP contribution in [0, 0.1) is 13.8 Å². The lowest BCUT2D eigenvalue weighted by atomic mass is 10.1. The highest BCUT2D eigenvalue weighted by molar-refractivity contribution is 7.09. The van der Waals surface area contributed by atoms with Gasteiger partial charge in [0.25, 0.3) is 17.7 Å². The summed E-state index contributed by atoms with van der Waals surface area (Å²) in [6.07, 6.45) is 0. The number of para-hydroxylation sites is 1. The van der Waals surface area contributed by atoms with Crippen LogP contribution in [0.3, 0.4) is 0 Å². The zero-order chi connectivity index (χ0) is 25.7. The van der Waals surface area contributed by atoms with Crippen LogP contribution >= 0.6 is 11.5 Å². The Morgan fingerprint density at radius 3 is 2.46 bits per heavy atom. The first-order valence-corrected chi connectivity index (χ1v) is 11.4. The number of esters is 1. The minimum absolute atomic E-state index is 0.0754. The summed E-state index contributed by atoms with van der Waals surface area (Å²) >= 11 is 0.692. The maximum absolute atomic E-state index is 13.9. The van der Waals surface area contributed by atoms with Crippen molar-refractivity contribution in [1.29, 1.82) is 0 Å². The van der Waals surface area contributed by atoms with Gasteiger partial charge in [0.2, 0.25) is 0 Å². The Balaban J connectivity index is 2.14. The van der Waals surface area contributed by atoms with Gasteiger partial charge >= 0.3 is 5.97 Å². The number of nitrogens with two attached hydrogens (primary N) is 2. The highest BCUT2D eigenvalue weighted by Gasteiger charge is 2.38. The third kappa shape index (κ3) is 5.49. The Morgan fingerprint density at radius 2 is 1.89 bits per heavy atom. The molecule has 2 heterocycles. The molecule has 11 nitrogen and oxygen atoms in total. The number of nitrogens with zero attached hydrogens (tertiary/aromatic N) is 2. The number of nitrogen functional groups attached to an aromatic ring is 1. The average molecular weight is 500 g/mol. The molecule has 1 aromatic carbocycles. The van der Waals surface area contributed by atoms with Crippen molar-refractivity contribution in [2.45, 2.75) is 26.8 Å². The summed E-state index contributed by atoms with van der Waals surface area (Å²) in [5.74, 6) is -2.26. The Bertz CT molecular complexity index is 1270. The molecule has 3 rings (SSSR count). The molecule has 0 aliphatic heterocycles. The molecule has 2 aromatic heterocycles. The van der Waals surface area contributed by atoms with E-state index in [0.717, 1.165) is 0 Å². The van der Waals surface area contributed by atoms with Gasteiger partial charge < -0.3 is 25.9 Å². The predicted molar refractivity (Wildman–Crippen MR) is 129 cm³/mol. The number of aromatic nitrogens is 1. The number of hydrogen-bond acceptors (Lipinski definition) is 9. The smallest absolute Gasteiger partial charge is 0.325 e. The second kappa shape index (κ2) is 10.8. The predicted octanol–water partition coefficient (Wildman–Crippen LogP) is 2.10. The Hall–Kier alpha value is -4.19. The molecule has 3 amide bonds. The van der Waals surface area contributed by atoms with E-state index in [1.165, 1.54) is 4.90 Å². The minimum atomic E-state index is -1.33. The van der Waals surface area contributed by atoms with Gasteiger partial charge in [0.05, 0.1) is 12.3 Å². The van der Waals surface area contributed by atoms with Crippen LogP contribution in [0.2, 0.25) is 0 Å². The summed E-state index contributed by atoms with van der Waals surface area (Å²) in [6, 6.07) is 8.78. The van der Waals surface area contributed by atoms with Gasteiger partial charge in [-0.15, -0.1) is 0 Å². The Labute approximate surface area is 205 Å². The van der Waals surface area contributed by atoms with E-state index in [-0.39, 0.29) is 28.6 Å². The van der Waals surface area contributed by atoms with Crippen LogP contribution in [0.1, 0.15) is 50.2 Å². The molecule has 0 aliphatic rings. The molecule has 0 saturated heterocycles. The Morgan fingerprint density at radius 1 is 1.17 bits per heavy atom. The molecule has 0 aliphatic carbocycles. The molecule has 12 heteroatoms. The summed E-state index contributed by atoms with van der Waals surface area (Å²) < 4.78 is 14.5. The quantitative estimate of drug-likeness (QED) is 0.376. The fourth-order valence-corrected chi connectivity index (χ4v) is 4.12. The first kappa shape index (κ1) is 25.4.